The summed E-state index contributed by atoms with van der Waals surface area (Å²) in [5.41, 5.74) is 0. The van der Waals surface area contributed by atoms with Gasteiger partial charge in [0.05, 0.1) is 0 Å². The van der Waals surface area contributed by atoms with Crippen LogP contribution in [0.3, 0.4) is 0 Å². The van der Waals surface area contributed by atoms with Gasteiger partial charge < -0.3 is 29.7 Å². The Kier molecular flexibility index (Phi) is 11.9. The van der Waals surface area contributed by atoms with Gasteiger partial charge >= 0.3 is 24.7 Å². The van der Waals surface area contributed by atoms with Gasteiger partial charge in [0.15, 0.2) is 0 Å². The van der Waals surface area contributed by atoms with E-state index in [-0.39, 0.29) is 6.15 Å². The molecular formula is C6F9NO6. The molecule has 0 aromatic heterocycles. The van der Waals surface area contributed by atoms with Crippen LogP contribution in [0.1, 0.15) is 0 Å². The Bertz CT molecular complexity index is 313. The molecule has 0 N–H and O–H groups in total. The molecule has 7 nitrogen and oxygen atoms in total. The highest BCUT2D eigenvalue weighted by molar-refractivity contribution is 5.71. The fourth-order valence-corrected chi connectivity index (χ4v) is 0. The van der Waals surface area contributed by atoms with Crippen molar-refractivity contribution in [2.45, 2.75) is 18.5 Å². The van der Waals surface area contributed by atoms with E-state index < -0.39 is 36.4 Å². The van der Waals surface area contributed by atoms with Crippen LogP contribution in [0.4, 0.5) is 39.5 Å². The number of hydrogen-bond donors (Lipinski definition) is 0. The SMILES string of the molecule is O=C([O-])C(F)(F)F.O=C([O-])C(F)(F)F.O=C([O-])C(F)(F)F.[N+3]. The lowest BCUT2D eigenvalue weighted by Gasteiger charge is -2.03. The summed E-state index contributed by atoms with van der Waals surface area (Å²) >= 11 is 0. The van der Waals surface area contributed by atoms with Crippen molar-refractivity contribution < 1.29 is 69.2 Å². The van der Waals surface area contributed by atoms with E-state index in [9.17, 15) is 39.5 Å². The minimum atomic E-state index is -5.19. The van der Waals surface area contributed by atoms with Crippen LogP contribution in [0, 0.1) is 0 Å². The Morgan fingerprint density at radius 3 is 0.545 bits per heavy atom. The first kappa shape index (κ1) is 27.8. The van der Waals surface area contributed by atoms with Crippen LogP contribution < -0.4 is 21.5 Å². The van der Waals surface area contributed by atoms with Crippen molar-refractivity contribution in [3.63, 3.8) is 0 Å². The number of hydrogen-bond acceptors (Lipinski definition) is 6. The van der Waals surface area contributed by atoms with Gasteiger partial charge in [0.2, 0.25) is 0 Å². The van der Waals surface area contributed by atoms with Gasteiger partial charge in [0, 0.05) is 0 Å². The van der Waals surface area contributed by atoms with Gasteiger partial charge in [-0.05, 0) is 0 Å². The van der Waals surface area contributed by atoms with E-state index in [1.807, 2.05) is 0 Å². The van der Waals surface area contributed by atoms with E-state index in [2.05, 4.69) is 0 Å². The molecule has 0 aromatic rings. The molecule has 0 aliphatic rings. The van der Waals surface area contributed by atoms with Gasteiger partial charge in [-0.25, -0.2) is 0 Å². The summed E-state index contributed by atoms with van der Waals surface area (Å²) in [6, 6.07) is 0. The number of aliphatic carboxylic acids is 3. The Morgan fingerprint density at radius 2 is 0.545 bits per heavy atom. The predicted molar refractivity (Wildman–Crippen MR) is 35.3 cm³/mol. The van der Waals surface area contributed by atoms with Gasteiger partial charge in [-0.1, -0.05) is 0 Å². The highest BCUT2D eigenvalue weighted by Gasteiger charge is 3.00. The molecule has 0 bridgehead atoms. The zero-order chi connectivity index (χ0) is 18.2. The Balaban J connectivity index is -0.000000108. The summed E-state index contributed by atoms with van der Waals surface area (Å²) in [5.74, 6) is -9.02. The van der Waals surface area contributed by atoms with Crippen molar-refractivity contribution in [3.8, 4) is 0 Å². The zero-order valence-corrected chi connectivity index (χ0v) is 9.30. The average Bonchev–Trinajstić information content (AvgIpc) is 2.14. The van der Waals surface area contributed by atoms with Gasteiger partial charge in [-0.3, -0.25) is 0 Å². The van der Waals surface area contributed by atoms with Crippen LogP contribution in [0.5, 0.6) is 0 Å². The Hall–Kier alpha value is -2.51. The minimum Gasteiger partial charge on any atom is -0.542 e. The molecule has 0 aliphatic heterocycles. The molecule has 2 radical (unpaired) electrons. The van der Waals surface area contributed by atoms with E-state index >= 15 is 0 Å². The molecule has 0 amide bonds. The topological polar surface area (TPSA) is 151 Å². The number of halogens is 9. The van der Waals surface area contributed by atoms with Gasteiger partial charge in [-0.15, -0.1) is 0 Å². The first-order valence-corrected chi connectivity index (χ1v) is 3.68. The minimum absolute atomic E-state index is 0. The molecule has 22 heavy (non-hydrogen) atoms. The maximum atomic E-state index is 10.5. The van der Waals surface area contributed by atoms with Crippen LogP contribution in [0.25, 0.3) is 0 Å². The van der Waals surface area contributed by atoms with Crippen LogP contribution >= 0.6 is 0 Å². The van der Waals surface area contributed by atoms with Crippen molar-refractivity contribution in [3.05, 3.63) is 0 Å². The maximum Gasteiger partial charge on any atom is 3.00 e. The second kappa shape index (κ2) is 9.43. The molecule has 0 saturated heterocycles. The molecule has 0 fully saturated rings. The number of rotatable bonds is 0. The van der Waals surface area contributed by atoms with Gasteiger partial charge in [0.1, 0.15) is 17.9 Å². The molecular weight excluding hydrogens is 353 g/mol. The van der Waals surface area contributed by atoms with E-state index in [0.717, 1.165) is 0 Å². The highest BCUT2D eigenvalue weighted by Crippen LogP contribution is 2.12. The first-order valence-electron chi connectivity index (χ1n) is 3.68. The molecule has 0 unspecified atom stereocenters. The lowest BCUT2D eigenvalue weighted by molar-refractivity contribution is -0.344. The largest absolute Gasteiger partial charge is 3.00 e. The normalized spacial score (nSPS) is 10.8. The van der Waals surface area contributed by atoms with Gasteiger partial charge in [0.25, 0.3) is 0 Å². The smallest absolute Gasteiger partial charge is 0.542 e. The molecule has 0 heterocycles. The van der Waals surface area contributed by atoms with Crippen molar-refractivity contribution >= 4 is 17.9 Å². The molecule has 0 aromatic carbocycles. The number of carboxylic acids is 3. The third-order valence-corrected chi connectivity index (χ3v) is 0.694. The number of alkyl halides is 9. The fourth-order valence-electron chi connectivity index (χ4n) is 0. The summed E-state index contributed by atoms with van der Waals surface area (Å²) in [5, 5.41) is 26.4. The van der Waals surface area contributed by atoms with Crippen LogP contribution in [-0.2, 0) is 14.4 Å². The molecule has 0 rings (SSSR count). The molecule has 0 aliphatic carbocycles. The summed E-state index contributed by atoms with van der Waals surface area (Å²) in [7, 11) is 0. The van der Waals surface area contributed by atoms with Crippen molar-refractivity contribution in [2.75, 3.05) is 0 Å². The molecule has 16 heteroatoms. The van der Waals surface area contributed by atoms with Crippen molar-refractivity contribution in [2.24, 2.45) is 0 Å². The summed E-state index contributed by atoms with van der Waals surface area (Å²) < 4.78 is 94.6. The van der Waals surface area contributed by atoms with E-state index in [0.29, 0.717) is 0 Å². The van der Waals surface area contributed by atoms with Crippen molar-refractivity contribution in [1.29, 1.82) is 0 Å². The molecule has 0 saturated carbocycles. The predicted octanol–water partition coefficient (Wildman–Crippen LogP) is -2.58. The lowest BCUT2D eigenvalue weighted by atomic mass is 10.7. The fraction of sp³-hybridized carbons (Fsp3) is 0.500. The molecule has 128 valence electrons. The van der Waals surface area contributed by atoms with Crippen LogP contribution in [0.15, 0.2) is 0 Å². The summed E-state index contributed by atoms with van der Waals surface area (Å²) in [6.45, 7) is 0. The van der Waals surface area contributed by atoms with Crippen LogP contribution in [-0.4, -0.2) is 36.4 Å². The third-order valence-electron chi connectivity index (χ3n) is 0.694. The maximum absolute atomic E-state index is 10.5. The summed E-state index contributed by atoms with van der Waals surface area (Å²) in [4.78, 5) is 26.4. The average molecular weight is 353 g/mol. The highest BCUT2D eigenvalue weighted by atomic mass is 19.4. The van der Waals surface area contributed by atoms with Crippen LogP contribution in [0.2, 0.25) is 0 Å². The Morgan fingerprint density at radius 1 is 0.500 bits per heavy atom. The monoisotopic (exact) mass is 353 g/mol. The second-order valence-electron chi connectivity index (χ2n) is 2.36. The second-order valence-corrected chi connectivity index (χ2v) is 2.36. The first-order chi connectivity index (χ1) is 8.83. The lowest BCUT2D eigenvalue weighted by Crippen LogP contribution is -2.37. The Labute approximate surface area is 113 Å². The van der Waals surface area contributed by atoms with Gasteiger partial charge in [-0.2, -0.15) is 39.5 Å². The van der Waals surface area contributed by atoms with E-state index in [1.165, 1.54) is 0 Å². The van der Waals surface area contributed by atoms with E-state index in [4.69, 9.17) is 29.7 Å². The zero-order valence-electron chi connectivity index (χ0n) is 9.30. The standard InChI is InChI=1S/3C2HF3O2.N/c3*3-2(4,5)1(6)7;/h3*(H,6,7);/q;;;+3/p-3. The summed E-state index contributed by atoms with van der Waals surface area (Å²) in [6.07, 6.45) is -15.6. The molecule has 0 spiro atoms. The number of nitrogens with zero attached hydrogens (tertiary/aromatic N) is 1. The number of carbonyl (C=O) groups is 3. The number of carboxylic acid groups (broad SMARTS) is 3. The molecule has 0 atom stereocenters. The third kappa shape index (κ3) is 19.8. The van der Waals surface area contributed by atoms with E-state index in [1.54, 1.807) is 0 Å². The number of carbonyl (C=O) groups excluding carboxylic acids is 3. The van der Waals surface area contributed by atoms with Crippen molar-refractivity contribution in [1.82, 2.24) is 6.15 Å². The quantitative estimate of drug-likeness (QED) is 0.436.